The molecule has 0 bridgehead atoms. The maximum Gasteiger partial charge on any atom is 0.239 e. The second-order valence-corrected chi connectivity index (χ2v) is 5.48. The highest BCUT2D eigenvalue weighted by Crippen LogP contribution is 2.20. The molecule has 0 aromatic heterocycles. The molecular formula is C16H27N3O. The maximum atomic E-state index is 11.8. The van der Waals surface area contributed by atoms with E-state index in [2.05, 4.69) is 42.7 Å². The van der Waals surface area contributed by atoms with Crippen LogP contribution in [0, 0.1) is 6.92 Å². The van der Waals surface area contributed by atoms with Crippen molar-refractivity contribution in [3.8, 4) is 0 Å². The number of aryl methyl sites for hydroxylation is 1. The summed E-state index contributed by atoms with van der Waals surface area (Å²) in [6.45, 7) is 10.4. The first-order valence-corrected chi connectivity index (χ1v) is 7.24. The molecule has 0 fully saturated rings. The van der Waals surface area contributed by atoms with E-state index in [0.29, 0.717) is 6.54 Å². The van der Waals surface area contributed by atoms with Crippen LogP contribution in [0.5, 0.6) is 0 Å². The van der Waals surface area contributed by atoms with Crippen LogP contribution >= 0.6 is 0 Å². The van der Waals surface area contributed by atoms with E-state index in [1.807, 2.05) is 25.8 Å². The van der Waals surface area contributed by atoms with Gasteiger partial charge in [-0.15, -0.1) is 0 Å². The molecule has 1 aromatic rings. The lowest BCUT2D eigenvalue weighted by atomic mass is 10.1. The Morgan fingerprint density at radius 3 is 2.60 bits per heavy atom. The van der Waals surface area contributed by atoms with Crippen LogP contribution in [0.25, 0.3) is 0 Å². The summed E-state index contributed by atoms with van der Waals surface area (Å²) in [5, 5.41) is 6.23. The number of likely N-dealkylation sites (N-methyl/N-ethyl adjacent to an activating group) is 1. The van der Waals surface area contributed by atoms with E-state index in [0.717, 1.165) is 18.8 Å². The van der Waals surface area contributed by atoms with Gasteiger partial charge in [0.15, 0.2) is 0 Å². The summed E-state index contributed by atoms with van der Waals surface area (Å²) in [6.07, 6.45) is 0. The van der Waals surface area contributed by atoms with Crippen molar-refractivity contribution in [1.29, 1.82) is 0 Å². The van der Waals surface area contributed by atoms with Gasteiger partial charge >= 0.3 is 0 Å². The highest BCUT2D eigenvalue weighted by Gasteiger charge is 2.10. The standard InChI is InChI=1S/C16H27N3O/c1-6-17-10-14-7-8-15(13(4)9-14)19(5)11-16(20)18-12(2)3/h7-9,12,17H,6,10-11H2,1-5H3,(H,18,20). The number of hydrogen-bond donors (Lipinski definition) is 2. The highest BCUT2D eigenvalue weighted by atomic mass is 16.2. The van der Waals surface area contributed by atoms with Crippen molar-refractivity contribution in [3.05, 3.63) is 29.3 Å². The van der Waals surface area contributed by atoms with Gasteiger partial charge in [0.1, 0.15) is 0 Å². The van der Waals surface area contributed by atoms with Crippen molar-refractivity contribution in [3.63, 3.8) is 0 Å². The van der Waals surface area contributed by atoms with Gasteiger partial charge in [-0.05, 0) is 44.5 Å². The van der Waals surface area contributed by atoms with Gasteiger partial charge < -0.3 is 15.5 Å². The van der Waals surface area contributed by atoms with Crippen LogP contribution in [-0.4, -0.2) is 32.1 Å². The summed E-state index contributed by atoms with van der Waals surface area (Å²) >= 11 is 0. The van der Waals surface area contributed by atoms with Gasteiger partial charge in [0.25, 0.3) is 0 Å². The van der Waals surface area contributed by atoms with E-state index < -0.39 is 0 Å². The van der Waals surface area contributed by atoms with Crippen LogP contribution in [-0.2, 0) is 11.3 Å². The molecule has 1 aromatic carbocycles. The number of rotatable bonds is 7. The van der Waals surface area contributed by atoms with Gasteiger partial charge in [0.05, 0.1) is 6.54 Å². The summed E-state index contributed by atoms with van der Waals surface area (Å²) in [4.78, 5) is 13.8. The van der Waals surface area contributed by atoms with Crippen LogP contribution in [0.1, 0.15) is 31.9 Å². The molecule has 1 rings (SSSR count). The van der Waals surface area contributed by atoms with Crippen molar-refractivity contribution in [2.24, 2.45) is 0 Å². The molecule has 0 heterocycles. The predicted octanol–water partition coefficient (Wildman–Crippen LogP) is 2.07. The van der Waals surface area contributed by atoms with E-state index in [9.17, 15) is 4.79 Å². The molecule has 112 valence electrons. The van der Waals surface area contributed by atoms with Crippen LogP contribution in [0.4, 0.5) is 5.69 Å². The zero-order valence-corrected chi connectivity index (χ0v) is 13.3. The lowest BCUT2D eigenvalue weighted by Crippen LogP contribution is -2.38. The zero-order chi connectivity index (χ0) is 15.1. The molecule has 20 heavy (non-hydrogen) atoms. The molecule has 4 nitrogen and oxygen atoms in total. The van der Waals surface area contributed by atoms with Crippen molar-refractivity contribution < 1.29 is 4.79 Å². The largest absolute Gasteiger partial charge is 0.365 e. The van der Waals surface area contributed by atoms with Gasteiger partial charge in [0, 0.05) is 25.3 Å². The fourth-order valence-electron chi connectivity index (χ4n) is 2.19. The number of carbonyl (C=O) groups is 1. The number of anilines is 1. The third-order valence-electron chi connectivity index (χ3n) is 3.08. The summed E-state index contributed by atoms with van der Waals surface area (Å²) in [6, 6.07) is 6.56. The molecule has 0 aliphatic heterocycles. The molecule has 0 atom stereocenters. The first kappa shape index (κ1) is 16.5. The van der Waals surface area contributed by atoms with Gasteiger partial charge in [-0.3, -0.25) is 4.79 Å². The minimum absolute atomic E-state index is 0.0543. The number of hydrogen-bond acceptors (Lipinski definition) is 3. The Morgan fingerprint density at radius 1 is 1.35 bits per heavy atom. The molecule has 0 unspecified atom stereocenters. The SMILES string of the molecule is CCNCc1ccc(N(C)CC(=O)NC(C)C)c(C)c1. The van der Waals surface area contributed by atoms with E-state index in [1.54, 1.807) is 0 Å². The van der Waals surface area contributed by atoms with Crippen LogP contribution in [0.2, 0.25) is 0 Å². The zero-order valence-electron chi connectivity index (χ0n) is 13.3. The summed E-state index contributed by atoms with van der Waals surface area (Å²) in [5.74, 6) is 0.0543. The Balaban J connectivity index is 2.68. The third kappa shape index (κ3) is 5.21. The number of nitrogens with zero attached hydrogens (tertiary/aromatic N) is 1. The first-order chi connectivity index (χ1) is 9.43. The fourth-order valence-corrected chi connectivity index (χ4v) is 2.19. The number of benzene rings is 1. The van der Waals surface area contributed by atoms with E-state index in [4.69, 9.17) is 0 Å². The Bertz CT molecular complexity index is 443. The molecule has 4 heteroatoms. The van der Waals surface area contributed by atoms with Crippen molar-refractivity contribution in [2.75, 3.05) is 25.0 Å². The van der Waals surface area contributed by atoms with Gasteiger partial charge in [0.2, 0.25) is 5.91 Å². The normalized spacial score (nSPS) is 10.7. The molecular weight excluding hydrogens is 250 g/mol. The monoisotopic (exact) mass is 277 g/mol. The lowest BCUT2D eigenvalue weighted by molar-refractivity contribution is -0.120. The topological polar surface area (TPSA) is 44.4 Å². The Kier molecular flexibility index (Phi) is 6.52. The minimum atomic E-state index is 0.0543. The number of nitrogens with one attached hydrogen (secondary N) is 2. The second kappa shape index (κ2) is 7.90. The molecule has 0 saturated carbocycles. The summed E-state index contributed by atoms with van der Waals surface area (Å²) < 4.78 is 0. The molecule has 0 saturated heterocycles. The summed E-state index contributed by atoms with van der Waals surface area (Å²) in [7, 11) is 1.95. The highest BCUT2D eigenvalue weighted by molar-refractivity contribution is 5.81. The number of amides is 1. The predicted molar refractivity (Wildman–Crippen MR) is 85.1 cm³/mol. The van der Waals surface area contributed by atoms with Crippen molar-refractivity contribution in [2.45, 2.75) is 40.3 Å². The van der Waals surface area contributed by atoms with Crippen LogP contribution in [0.3, 0.4) is 0 Å². The van der Waals surface area contributed by atoms with E-state index in [-0.39, 0.29) is 11.9 Å². The molecule has 0 radical (unpaired) electrons. The van der Waals surface area contributed by atoms with E-state index in [1.165, 1.54) is 11.1 Å². The molecule has 0 aliphatic carbocycles. The average molecular weight is 277 g/mol. The Morgan fingerprint density at radius 2 is 2.05 bits per heavy atom. The minimum Gasteiger partial charge on any atom is -0.365 e. The summed E-state index contributed by atoms with van der Waals surface area (Å²) in [5.41, 5.74) is 3.57. The molecule has 1 amide bonds. The van der Waals surface area contributed by atoms with Crippen LogP contribution in [0.15, 0.2) is 18.2 Å². The maximum absolute atomic E-state index is 11.8. The van der Waals surface area contributed by atoms with Crippen LogP contribution < -0.4 is 15.5 Å². The quantitative estimate of drug-likeness (QED) is 0.802. The van der Waals surface area contributed by atoms with Gasteiger partial charge in [-0.25, -0.2) is 0 Å². The lowest BCUT2D eigenvalue weighted by Gasteiger charge is -2.22. The first-order valence-electron chi connectivity index (χ1n) is 7.24. The smallest absolute Gasteiger partial charge is 0.239 e. The molecule has 2 N–H and O–H groups in total. The fraction of sp³-hybridized carbons (Fsp3) is 0.562. The third-order valence-corrected chi connectivity index (χ3v) is 3.08. The molecule has 0 aliphatic rings. The Hall–Kier alpha value is -1.55. The van der Waals surface area contributed by atoms with Gasteiger partial charge in [-0.1, -0.05) is 19.1 Å². The van der Waals surface area contributed by atoms with E-state index >= 15 is 0 Å². The van der Waals surface area contributed by atoms with Crippen molar-refractivity contribution >= 4 is 11.6 Å². The number of carbonyl (C=O) groups excluding carboxylic acids is 1. The van der Waals surface area contributed by atoms with Gasteiger partial charge in [-0.2, -0.15) is 0 Å². The Labute approximate surface area is 122 Å². The molecule has 0 spiro atoms. The second-order valence-electron chi connectivity index (χ2n) is 5.48. The average Bonchev–Trinajstić information content (AvgIpc) is 2.35. The van der Waals surface area contributed by atoms with Crippen molar-refractivity contribution in [1.82, 2.24) is 10.6 Å².